The van der Waals surface area contributed by atoms with E-state index < -0.39 is 27.7 Å². The molecule has 1 atom stereocenters. The van der Waals surface area contributed by atoms with E-state index in [0.717, 1.165) is 22.7 Å². The molecule has 0 saturated carbocycles. The van der Waals surface area contributed by atoms with Gasteiger partial charge in [0, 0.05) is 30.8 Å². The quantitative estimate of drug-likeness (QED) is 0.600. The second kappa shape index (κ2) is 6.77. The second-order valence-electron chi connectivity index (χ2n) is 6.92. The molecule has 0 N–H and O–H groups in total. The van der Waals surface area contributed by atoms with Crippen molar-refractivity contribution in [2.45, 2.75) is 30.3 Å². The molecule has 0 bridgehead atoms. The third-order valence-corrected chi connectivity index (χ3v) is 6.76. The first-order valence-corrected chi connectivity index (χ1v) is 10.2. The van der Waals surface area contributed by atoms with Gasteiger partial charge in [0.2, 0.25) is 10.0 Å². The number of sulfonamides is 1. The first-order valence-electron chi connectivity index (χ1n) is 8.76. The van der Waals surface area contributed by atoms with Crippen molar-refractivity contribution in [3.63, 3.8) is 0 Å². The van der Waals surface area contributed by atoms with E-state index in [1.165, 1.54) is 29.4 Å². The molecular weight excluding hydrogens is 412 g/mol. The maximum Gasteiger partial charge on any atom is 0.433 e. The monoisotopic (exact) mass is 428 g/mol. The summed E-state index contributed by atoms with van der Waals surface area (Å²) in [4.78, 5) is 4.06. The van der Waals surface area contributed by atoms with Crippen LogP contribution in [0.15, 0.2) is 41.3 Å². The van der Waals surface area contributed by atoms with Crippen LogP contribution in [0.3, 0.4) is 0 Å². The van der Waals surface area contributed by atoms with Crippen molar-refractivity contribution in [1.29, 1.82) is 0 Å². The van der Waals surface area contributed by atoms with Gasteiger partial charge in [-0.2, -0.15) is 22.6 Å². The molecular formula is C18H16F4N4O2S. The van der Waals surface area contributed by atoms with Gasteiger partial charge in [0.1, 0.15) is 11.5 Å². The number of aryl methyl sites for hydroxylation is 1. The Kier molecular flexibility index (Phi) is 4.61. The molecule has 154 valence electrons. The van der Waals surface area contributed by atoms with Crippen LogP contribution in [0.1, 0.15) is 29.4 Å². The van der Waals surface area contributed by atoms with Crippen molar-refractivity contribution >= 4 is 15.7 Å². The van der Waals surface area contributed by atoms with E-state index >= 15 is 0 Å². The normalized spacial score (nSPS) is 18.6. The Labute approximate surface area is 163 Å². The lowest BCUT2D eigenvalue weighted by Gasteiger charge is -2.16. The largest absolute Gasteiger partial charge is 0.433 e. The van der Waals surface area contributed by atoms with Gasteiger partial charge in [-0.25, -0.2) is 22.3 Å². The highest BCUT2D eigenvalue weighted by Gasteiger charge is 2.37. The molecule has 0 aliphatic carbocycles. The molecule has 11 heteroatoms. The third kappa shape index (κ3) is 3.60. The van der Waals surface area contributed by atoms with Gasteiger partial charge in [-0.15, -0.1) is 0 Å². The molecule has 3 heterocycles. The van der Waals surface area contributed by atoms with E-state index in [1.807, 2.05) is 0 Å². The summed E-state index contributed by atoms with van der Waals surface area (Å²) in [5, 5.41) is 4.07. The second-order valence-corrected chi connectivity index (χ2v) is 8.86. The number of nitrogens with zero attached hydrogens (tertiary/aromatic N) is 4. The van der Waals surface area contributed by atoms with Crippen LogP contribution < -0.4 is 0 Å². The Morgan fingerprint density at radius 2 is 1.83 bits per heavy atom. The highest BCUT2D eigenvalue weighted by molar-refractivity contribution is 7.89. The van der Waals surface area contributed by atoms with E-state index in [9.17, 15) is 26.0 Å². The van der Waals surface area contributed by atoms with Crippen molar-refractivity contribution in [3.05, 3.63) is 59.3 Å². The number of hydrogen-bond acceptors (Lipinski definition) is 4. The topological polar surface area (TPSA) is 67.6 Å². The Hall–Kier alpha value is -2.53. The highest BCUT2D eigenvalue weighted by Crippen LogP contribution is 2.33. The van der Waals surface area contributed by atoms with Crippen molar-refractivity contribution in [1.82, 2.24) is 18.9 Å². The van der Waals surface area contributed by atoms with Crippen LogP contribution in [0.25, 0.3) is 5.65 Å². The highest BCUT2D eigenvalue weighted by atomic mass is 32.2. The molecule has 3 aromatic rings. The number of aromatic nitrogens is 3. The summed E-state index contributed by atoms with van der Waals surface area (Å²) in [5.74, 6) is -0.912. The minimum Gasteiger partial charge on any atom is -0.234 e. The van der Waals surface area contributed by atoms with Gasteiger partial charge in [0.05, 0.1) is 10.6 Å². The third-order valence-electron chi connectivity index (χ3n) is 4.89. The molecule has 1 aromatic carbocycles. The molecule has 6 nitrogen and oxygen atoms in total. The Morgan fingerprint density at radius 1 is 1.14 bits per heavy atom. The van der Waals surface area contributed by atoms with Crippen LogP contribution in [0, 0.1) is 12.7 Å². The van der Waals surface area contributed by atoms with Crippen LogP contribution in [0.4, 0.5) is 17.6 Å². The minimum absolute atomic E-state index is 0.0359. The molecule has 0 spiro atoms. The molecule has 2 aromatic heterocycles. The van der Waals surface area contributed by atoms with Crippen LogP contribution in [-0.4, -0.2) is 40.4 Å². The first kappa shape index (κ1) is 19.8. The van der Waals surface area contributed by atoms with E-state index in [4.69, 9.17) is 0 Å². The van der Waals surface area contributed by atoms with Gasteiger partial charge in [-0.1, -0.05) is 0 Å². The fraction of sp³-hybridized carbons (Fsp3) is 0.333. The Morgan fingerprint density at radius 3 is 2.48 bits per heavy atom. The maximum absolute atomic E-state index is 13.3. The van der Waals surface area contributed by atoms with E-state index in [0.29, 0.717) is 12.1 Å². The maximum atomic E-state index is 13.3. The average Bonchev–Trinajstić information content (AvgIpc) is 3.27. The predicted octanol–water partition coefficient (Wildman–Crippen LogP) is 3.37. The van der Waals surface area contributed by atoms with Crippen LogP contribution in [0.5, 0.6) is 0 Å². The van der Waals surface area contributed by atoms with Crippen LogP contribution >= 0.6 is 0 Å². The Bertz CT molecular complexity index is 1170. The molecule has 29 heavy (non-hydrogen) atoms. The van der Waals surface area contributed by atoms with Gasteiger partial charge >= 0.3 is 6.18 Å². The molecule has 1 unspecified atom stereocenters. The minimum atomic E-state index is -4.59. The predicted molar refractivity (Wildman–Crippen MR) is 95.2 cm³/mol. The summed E-state index contributed by atoms with van der Waals surface area (Å²) in [5.41, 5.74) is -0.305. The SMILES string of the molecule is Cc1cc(C(F)(F)F)n2nc(C3CCN(S(=O)(=O)c4ccc(F)cc4)C3)cc2n1. The smallest absolute Gasteiger partial charge is 0.234 e. The van der Waals surface area contributed by atoms with Crippen molar-refractivity contribution in [3.8, 4) is 0 Å². The lowest BCUT2D eigenvalue weighted by Crippen LogP contribution is -2.28. The number of alkyl halides is 3. The van der Waals surface area contributed by atoms with Crippen LogP contribution in [-0.2, 0) is 16.2 Å². The van der Waals surface area contributed by atoms with Gasteiger partial charge in [-0.3, -0.25) is 0 Å². The molecule has 1 fully saturated rings. The van der Waals surface area contributed by atoms with Crippen molar-refractivity contribution in [2.75, 3.05) is 13.1 Å². The van der Waals surface area contributed by atoms with Gasteiger partial charge in [-0.05, 0) is 43.7 Å². The number of benzene rings is 1. The number of halogens is 4. The summed E-state index contributed by atoms with van der Waals surface area (Å²) in [7, 11) is -3.83. The van der Waals surface area contributed by atoms with Crippen molar-refractivity contribution < 1.29 is 26.0 Å². The van der Waals surface area contributed by atoms with Gasteiger partial charge in [0.15, 0.2) is 5.65 Å². The molecule has 0 amide bonds. The lowest BCUT2D eigenvalue weighted by atomic mass is 10.1. The zero-order chi connectivity index (χ0) is 21.0. The van der Waals surface area contributed by atoms with E-state index in [2.05, 4.69) is 10.1 Å². The number of fused-ring (bicyclic) bond motifs is 1. The molecule has 4 rings (SSSR count). The molecule has 1 saturated heterocycles. The zero-order valence-electron chi connectivity index (χ0n) is 15.2. The molecule has 0 radical (unpaired) electrons. The van der Waals surface area contributed by atoms with Gasteiger partial charge < -0.3 is 0 Å². The summed E-state index contributed by atoms with van der Waals surface area (Å²) in [6.07, 6.45) is -4.19. The molecule has 1 aliphatic rings. The van der Waals surface area contributed by atoms with Crippen LogP contribution in [0.2, 0.25) is 0 Å². The summed E-state index contributed by atoms with van der Waals surface area (Å²) < 4.78 is 80.5. The standard InChI is InChI=1S/C18H16F4N4O2S/c1-11-8-16(18(20,21)22)26-17(23-11)9-15(24-26)12-6-7-25(10-12)29(27,28)14-4-2-13(19)3-5-14/h2-5,8-9,12H,6-7,10H2,1H3. The number of hydrogen-bond donors (Lipinski definition) is 0. The van der Waals surface area contributed by atoms with E-state index in [-0.39, 0.29) is 35.2 Å². The van der Waals surface area contributed by atoms with Crippen molar-refractivity contribution in [2.24, 2.45) is 0 Å². The van der Waals surface area contributed by atoms with E-state index in [1.54, 1.807) is 0 Å². The zero-order valence-corrected chi connectivity index (χ0v) is 16.0. The molecule has 1 aliphatic heterocycles. The lowest BCUT2D eigenvalue weighted by molar-refractivity contribution is -0.142. The first-order chi connectivity index (χ1) is 13.6. The Balaban J connectivity index is 1.64. The fourth-order valence-electron chi connectivity index (χ4n) is 3.46. The summed E-state index contributed by atoms with van der Waals surface area (Å²) >= 11 is 0. The summed E-state index contributed by atoms with van der Waals surface area (Å²) in [6, 6.07) is 6.88. The average molecular weight is 428 g/mol. The number of rotatable bonds is 3. The van der Waals surface area contributed by atoms with Gasteiger partial charge in [0.25, 0.3) is 0 Å². The fourth-order valence-corrected chi connectivity index (χ4v) is 4.96. The summed E-state index contributed by atoms with van der Waals surface area (Å²) in [6.45, 7) is 1.73.